The standard InChI is InChI=1S/C16H24N2O2.ClH/c1-17-11-3-4-16(19)18(14-7-8-14)12-13-5-9-15(20-2)10-6-13;/h5-6,9-10,14,17H,3-4,7-8,11-12H2,1-2H3;1H. The first-order chi connectivity index (χ1) is 9.74. The Morgan fingerprint density at radius 2 is 2.00 bits per heavy atom. The number of rotatable bonds is 8. The number of nitrogens with one attached hydrogen (secondary N) is 1. The van der Waals surface area contributed by atoms with Gasteiger partial charge in [0.2, 0.25) is 5.91 Å². The molecule has 0 aromatic heterocycles. The van der Waals surface area contributed by atoms with Crippen LogP contribution in [0.25, 0.3) is 0 Å². The molecule has 1 aromatic rings. The molecule has 1 saturated carbocycles. The van der Waals surface area contributed by atoms with Crippen molar-refractivity contribution >= 4 is 18.3 Å². The minimum absolute atomic E-state index is 0. The second-order valence-corrected chi connectivity index (χ2v) is 5.31. The average Bonchev–Trinajstić information content (AvgIpc) is 3.30. The van der Waals surface area contributed by atoms with Crippen LogP contribution in [0.3, 0.4) is 0 Å². The van der Waals surface area contributed by atoms with E-state index in [2.05, 4.69) is 5.32 Å². The molecule has 4 nitrogen and oxygen atoms in total. The predicted molar refractivity (Wildman–Crippen MR) is 87.0 cm³/mol. The molecule has 1 fully saturated rings. The summed E-state index contributed by atoms with van der Waals surface area (Å²) in [6.07, 6.45) is 3.83. The number of amides is 1. The van der Waals surface area contributed by atoms with E-state index in [1.54, 1.807) is 7.11 Å². The van der Waals surface area contributed by atoms with Crippen LogP contribution in [0.1, 0.15) is 31.2 Å². The van der Waals surface area contributed by atoms with Gasteiger partial charge in [-0.15, -0.1) is 12.4 Å². The molecule has 0 unspecified atom stereocenters. The molecule has 1 N–H and O–H groups in total. The van der Waals surface area contributed by atoms with Crippen LogP contribution in [0, 0.1) is 0 Å². The van der Waals surface area contributed by atoms with Crippen molar-refractivity contribution < 1.29 is 9.53 Å². The van der Waals surface area contributed by atoms with E-state index in [9.17, 15) is 4.79 Å². The van der Waals surface area contributed by atoms with Crippen molar-refractivity contribution in [3.05, 3.63) is 29.8 Å². The Morgan fingerprint density at radius 3 is 2.52 bits per heavy atom. The van der Waals surface area contributed by atoms with Crippen LogP contribution in [0.4, 0.5) is 0 Å². The van der Waals surface area contributed by atoms with Crippen LogP contribution in [-0.2, 0) is 11.3 Å². The molecule has 1 amide bonds. The van der Waals surface area contributed by atoms with Gasteiger partial charge in [0, 0.05) is 19.0 Å². The largest absolute Gasteiger partial charge is 0.497 e. The van der Waals surface area contributed by atoms with Gasteiger partial charge in [0.15, 0.2) is 0 Å². The zero-order valence-electron chi connectivity index (χ0n) is 12.8. The van der Waals surface area contributed by atoms with Crippen LogP contribution in [-0.4, -0.2) is 37.6 Å². The number of halogens is 1. The average molecular weight is 313 g/mol. The van der Waals surface area contributed by atoms with Crippen LogP contribution >= 0.6 is 12.4 Å². The second-order valence-electron chi connectivity index (χ2n) is 5.31. The third-order valence-electron chi connectivity index (χ3n) is 3.64. The highest BCUT2D eigenvalue weighted by atomic mass is 35.5. The van der Waals surface area contributed by atoms with Gasteiger partial charge in [-0.1, -0.05) is 12.1 Å². The van der Waals surface area contributed by atoms with Gasteiger partial charge in [-0.3, -0.25) is 4.79 Å². The van der Waals surface area contributed by atoms with Gasteiger partial charge in [0.25, 0.3) is 0 Å². The highest BCUT2D eigenvalue weighted by molar-refractivity contribution is 5.85. The molecule has 0 bridgehead atoms. The number of ether oxygens (including phenoxy) is 1. The van der Waals surface area contributed by atoms with E-state index < -0.39 is 0 Å². The third-order valence-corrected chi connectivity index (χ3v) is 3.64. The molecule has 0 heterocycles. The molecule has 0 saturated heterocycles. The Balaban J connectivity index is 0.00000220. The van der Waals surface area contributed by atoms with Crippen molar-refractivity contribution in [3.63, 3.8) is 0 Å². The lowest BCUT2D eigenvalue weighted by Crippen LogP contribution is -2.32. The van der Waals surface area contributed by atoms with Gasteiger partial charge < -0.3 is 15.0 Å². The maximum atomic E-state index is 12.3. The molecule has 2 rings (SSSR count). The predicted octanol–water partition coefficient (Wildman–Crippen LogP) is 2.61. The minimum Gasteiger partial charge on any atom is -0.497 e. The first-order valence-electron chi connectivity index (χ1n) is 7.31. The summed E-state index contributed by atoms with van der Waals surface area (Å²) in [6, 6.07) is 8.43. The normalized spacial score (nSPS) is 13.4. The third kappa shape index (κ3) is 5.56. The minimum atomic E-state index is 0. The maximum Gasteiger partial charge on any atom is 0.223 e. The van der Waals surface area contributed by atoms with Crippen molar-refractivity contribution in [3.8, 4) is 5.75 Å². The lowest BCUT2D eigenvalue weighted by molar-refractivity contribution is -0.132. The Morgan fingerprint density at radius 1 is 1.33 bits per heavy atom. The summed E-state index contributed by atoms with van der Waals surface area (Å²) in [7, 11) is 3.58. The maximum absolute atomic E-state index is 12.3. The quantitative estimate of drug-likeness (QED) is 0.750. The number of nitrogens with zero attached hydrogens (tertiary/aromatic N) is 1. The number of hydrogen-bond donors (Lipinski definition) is 1. The van der Waals surface area contributed by atoms with Crippen LogP contribution in [0.2, 0.25) is 0 Å². The lowest BCUT2D eigenvalue weighted by Gasteiger charge is -2.22. The SMILES string of the molecule is CNCCCC(=O)N(Cc1ccc(OC)cc1)C1CC1.Cl. The van der Waals surface area contributed by atoms with Crippen LogP contribution < -0.4 is 10.1 Å². The smallest absolute Gasteiger partial charge is 0.223 e. The molecule has 1 aliphatic rings. The van der Waals surface area contributed by atoms with Crippen molar-refractivity contribution in [2.45, 2.75) is 38.3 Å². The molecule has 1 aromatic carbocycles. The molecule has 0 atom stereocenters. The second kappa shape index (κ2) is 8.90. The highest BCUT2D eigenvalue weighted by Gasteiger charge is 2.31. The molecule has 118 valence electrons. The fraction of sp³-hybridized carbons (Fsp3) is 0.562. The van der Waals surface area contributed by atoms with E-state index in [0.29, 0.717) is 19.0 Å². The summed E-state index contributed by atoms with van der Waals surface area (Å²) in [5.41, 5.74) is 1.17. The first-order valence-corrected chi connectivity index (χ1v) is 7.31. The molecular formula is C16H25ClN2O2. The molecule has 0 aliphatic heterocycles. The summed E-state index contributed by atoms with van der Waals surface area (Å²) in [6.45, 7) is 1.61. The van der Waals surface area contributed by atoms with E-state index in [4.69, 9.17) is 4.74 Å². The molecule has 0 spiro atoms. The van der Waals surface area contributed by atoms with Crippen molar-refractivity contribution in [1.82, 2.24) is 10.2 Å². The van der Waals surface area contributed by atoms with Crippen molar-refractivity contribution in [2.24, 2.45) is 0 Å². The highest BCUT2D eigenvalue weighted by Crippen LogP contribution is 2.29. The van der Waals surface area contributed by atoms with Gasteiger partial charge in [-0.05, 0) is 50.6 Å². The number of hydrogen-bond acceptors (Lipinski definition) is 3. The van der Waals surface area contributed by atoms with Crippen molar-refractivity contribution in [1.29, 1.82) is 0 Å². The van der Waals surface area contributed by atoms with Crippen LogP contribution in [0.15, 0.2) is 24.3 Å². The van der Waals surface area contributed by atoms with E-state index in [1.165, 1.54) is 5.56 Å². The Kier molecular flexibility index (Phi) is 7.54. The van der Waals surface area contributed by atoms with Gasteiger partial charge in [0.1, 0.15) is 5.75 Å². The fourth-order valence-corrected chi connectivity index (χ4v) is 2.29. The first kappa shape index (κ1) is 17.8. The topological polar surface area (TPSA) is 41.6 Å². The Hall–Kier alpha value is -1.26. The summed E-state index contributed by atoms with van der Waals surface area (Å²) in [4.78, 5) is 14.3. The molecule has 1 aliphatic carbocycles. The van der Waals surface area contributed by atoms with E-state index >= 15 is 0 Å². The monoisotopic (exact) mass is 312 g/mol. The zero-order valence-corrected chi connectivity index (χ0v) is 13.6. The number of carbonyl (C=O) groups excluding carboxylic acids is 1. The summed E-state index contributed by atoms with van der Waals surface area (Å²) in [5.74, 6) is 1.13. The van der Waals surface area contributed by atoms with E-state index in [-0.39, 0.29) is 18.3 Å². The van der Waals surface area contributed by atoms with E-state index in [1.807, 2.05) is 36.2 Å². The van der Waals surface area contributed by atoms with Crippen LogP contribution in [0.5, 0.6) is 5.75 Å². The van der Waals surface area contributed by atoms with Gasteiger partial charge in [-0.2, -0.15) is 0 Å². The van der Waals surface area contributed by atoms with Crippen molar-refractivity contribution in [2.75, 3.05) is 20.7 Å². The Bertz CT molecular complexity index is 432. The molecular weight excluding hydrogens is 288 g/mol. The van der Waals surface area contributed by atoms with Gasteiger partial charge in [0.05, 0.1) is 7.11 Å². The molecule has 21 heavy (non-hydrogen) atoms. The van der Waals surface area contributed by atoms with Gasteiger partial charge >= 0.3 is 0 Å². The summed E-state index contributed by atoms with van der Waals surface area (Å²) >= 11 is 0. The Labute approximate surface area is 133 Å². The summed E-state index contributed by atoms with van der Waals surface area (Å²) in [5, 5.41) is 3.08. The number of benzene rings is 1. The fourth-order valence-electron chi connectivity index (χ4n) is 2.29. The summed E-state index contributed by atoms with van der Waals surface area (Å²) < 4.78 is 5.16. The number of carbonyl (C=O) groups is 1. The number of methoxy groups -OCH3 is 1. The zero-order chi connectivity index (χ0) is 14.4. The van der Waals surface area contributed by atoms with E-state index in [0.717, 1.165) is 31.6 Å². The lowest BCUT2D eigenvalue weighted by atomic mass is 10.2. The van der Waals surface area contributed by atoms with Gasteiger partial charge in [-0.25, -0.2) is 0 Å². The molecule has 0 radical (unpaired) electrons. The molecule has 5 heteroatoms.